The Balaban J connectivity index is 1.77. The molecule has 3 aromatic rings. The van der Waals surface area contributed by atoms with E-state index in [9.17, 15) is 0 Å². The van der Waals surface area contributed by atoms with Gasteiger partial charge in [0.1, 0.15) is 6.07 Å². The lowest BCUT2D eigenvalue weighted by Crippen LogP contribution is -2.40. The number of aromatic nitrogens is 3. The van der Waals surface area contributed by atoms with Crippen LogP contribution in [0.3, 0.4) is 0 Å². The zero-order chi connectivity index (χ0) is 19.7. The van der Waals surface area contributed by atoms with E-state index < -0.39 is 0 Å². The first-order chi connectivity index (χ1) is 13.5. The molecule has 1 fully saturated rings. The molecule has 0 unspecified atom stereocenters. The molecule has 6 nitrogen and oxygen atoms in total. The van der Waals surface area contributed by atoms with Crippen LogP contribution >= 0.6 is 0 Å². The summed E-state index contributed by atoms with van der Waals surface area (Å²) in [5.74, 6) is 0. The fourth-order valence-corrected chi connectivity index (χ4v) is 3.57. The summed E-state index contributed by atoms with van der Waals surface area (Å²) in [4.78, 5) is 4.66. The summed E-state index contributed by atoms with van der Waals surface area (Å²) < 4.78 is 7.33. The molecule has 4 rings (SSSR count). The zero-order valence-corrected chi connectivity index (χ0v) is 16.2. The van der Waals surface area contributed by atoms with Gasteiger partial charge in [0.15, 0.2) is 0 Å². The molecule has 142 valence electrons. The number of nitrogens with one attached hydrogen (secondary N) is 1. The Hall–Kier alpha value is -3.17. The highest BCUT2D eigenvalue weighted by atomic mass is 16.5. The Morgan fingerprint density at radius 2 is 2.07 bits per heavy atom. The van der Waals surface area contributed by atoms with E-state index in [1.54, 1.807) is 6.20 Å². The van der Waals surface area contributed by atoms with Crippen LogP contribution in [-0.2, 0) is 4.74 Å². The number of ether oxygens (including phenoxy) is 1. The van der Waals surface area contributed by atoms with Crippen LogP contribution in [0.25, 0.3) is 22.5 Å². The maximum absolute atomic E-state index is 9.08. The Morgan fingerprint density at radius 1 is 1.29 bits per heavy atom. The molecule has 1 N–H and O–H groups in total. The lowest BCUT2D eigenvalue weighted by Gasteiger charge is -2.36. The molecule has 0 radical (unpaired) electrons. The quantitative estimate of drug-likeness (QED) is 0.739. The van der Waals surface area contributed by atoms with E-state index in [-0.39, 0.29) is 5.54 Å². The summed E-state index contributed by atoms with van der Waals surface area (Å²) in [7, 11) is 0. The van der Waals surface area contributed by atoms with Crippen molar-refractivity contribution in [1.82, 2.24) is 14.6 Å². The minimum atomic E-state index is -0.0255. The predicted octanol–water partition coefficient (Wildman–Crippen LogP) is 4.28. The maximum Gasteiger partial charge on any atom is 0.101 e. The van der Waals surface area contributed by atoms with Gasteiger partial charge in [0.2, 0.25) is 0 Å². The second kappa shape index (κ2) is 7.10. The summed E-state index contributed by atoms with van der Waals surface area (Å²) in [5.41, 5.74) is 6.08. The fourth-order valence-electron chi connectivity index (χ4n) is 3.57. The van der Waals surface area contributed by atoms with Crippen molar-refractivity contribution in [3.05, 3.63) is 54.4 Å². The predicted molar refractivity (Wildman–Crippen MR) is 110 cm³/mol. The Labute approximate surface area is 164 Å². The van der Waals surface area contributed by atoms with Gasteiger partial charge in [-0.15, -0.1) is 0 Å². The number of nitriles is 1. The monoisotopic (exact) mass is 373 g/mol. The molecule has 6 heteroatoms. The highest BCUT2D eigenvalue weighted by molar-refractivity contribution is 5.77. The minimum absolute atomic E-state index is 0.0255. The van der Waals surface area contributed by atoms with E-state index in [1.807, 2.05) is 35.8 Å². The van der Waals surface area contributed by atoms with Crippen LogP contribution in [0.2, 0.25) is 0 Å². The molecule has 0 atom stereocenters. The maximum atomic E-state index is 9.08. The van der Waals surface area contributed by atoms with Gasteiger partial charge in [-0.2, -0.15) is 10.4 Å². The van der Waals surface area contributed by atoms with Gasteiger partial charge in [0.25, 0.3) is 0 Å². The van der Waals surface area contributed by atoms with Gasteiger partial charge in [-0.25, -0.2) is 4.52 Å². The third kappa shape index (κ3) is 3.37. The van der Waals surface area contributed by atoms with Gasteiger partial charge < -0.3 is 10.1 Å². The van der Waals surface area contributed by atoms with Crippen LogP contribution in [0.1, 0.15) is 37.8 Å². The van der Waals surface area contributed by atoms with E-state index in [1.165, 1.54) is 0 Å². The molecule has 3 aromatic heterocycles. The smallest absolute Gasteiger partial charge is 0.101 e. The third-order valence-electron chi connectivity index (χ3n) is 5.29. The first-order valence-corrected chi connectivity index (χ1v) is 9.39. The minimum Gasteiger partial charge on any atom is -0.381 e. The topological polar surface area (TPSA) is 75.2 Å². The van der Waals surface area contributed by atoms with Crippen LogP contribution in [0.4, 0.5) is 5.69 Å². The number of fused-ring (bicyclic) bond motifs is 1. The van der Waals surface area contributed by atoms with Gasteiger partial charge in [0, 0.05) is 36.2 Å². The van der Waals surface area contributed by atoms with Crippen molar-refractivity contribution in [1.29, 1.82) is 5.26 Å². The molecule has 28 heavy (non-hydrogen) atoms. The highest BCUT2D eigenvalue weighted by Gasteiger charge is 2.28. The van der Waals surface area contributed by atoms with Crippen molar-refractivity contribution < 1.29 is 4.74 Å². The van der Waals surface area contributed by atoms with Gasteiger partial charge in [-0.1, -0.05) is 6.58 Å². The van der Waals surface area contributed by atoms with Crippen molar-refractivity contribution in [2.24, 2.45) is 0 Å². The number of rotatable bonds is 4. The molecule has 0 spiro atoms. The van der Waals surface area contributed by atoms with Crippen molar-refractivity contribution in [2.75, 3.05) is 18.5 Å². The molecule has 4 heterocycles. The van der Waals surface area contributed by atoms with Crippen LogP contribution in [0.5, 0.6) is 0 Å². The number of allylic oxidation sites excluding steroid dienone is 1. The average Bonchev–Trinajstić information content (AvgIpc) is 3.11. The molecule has 0 aliphatic carbocycles. The Morgan fingerprint density at radius 3 is 2.79 bits per heavy atom. The molecule has 0 aromatic carbocycles. The van der Waals surface area contributed by atoms with Crippen LogP contribution in [0, 0.1) is 11.3 Å². The molecule has 1 aliphatic heterocycles. The van der Waals surface area contributed by atoms with E-state index in [2.05, 4.69) is 41.0 Å². The number of hydrogen-bond donors (Lipinski definition) is 1. The summed E-state index contributed by atoms with van der Waals surface area (Å²) >= 11 is 0. The van der Waals surface area contributed by atoms with Crippen LogP contribution in [0.15, 0.2) is 43.2 Å². The zero-order valence-electron chi connectivity index (χ0n) is 16.2. The Kier molecular flexibility index (Phi) is 4.62. The van der Waals surface area contributed by atoms with Gasteiger partial charge in [0.05, 0.1) is 28.7 Å². The Bertz CT molecular complexity index is 1090. The summed E-state index contributed by atoms with van der Waals surface area (Å²) in [6.07, 6.45) is 5.34. The SMILES string of the molecule is C=C(C)c1cnc(-c2ccc3cc(C#N)cnn23)cc1NC1(C)CCOCC1. The van der Waals surface area contributed by atoms with E-state index in [0.29, 0.717) is 5.56 Å². The first kappa shape index (κ1) is 18.2. The highest BCUT2D eigenvalue weighted by Crippen LogP contribution is 2.32. The molecule has 0 saturated carbocycles. The number of pyridine rings is 1. The normalized spacial score (nSPS) is 15.9. The van der Waals surface area contributed by atoms with Crippen molar-refractivity contribution in [3.63, 3.8) is 0 Å². The lowest BCUT2D eigenvalue weighted by atomic mass is 9.91. The van der Waals surface area contributed by atoms with E-state index in [0.717, 1.165) is 59.8 Å². The van der Waals surface area contributed by atoms with Gasteiger partial charge in [-0.05, 0) is 56.5 Å². The van der Waals surface area contributed by atoms with E-state index >= 15 is 0 Å². The number of nitrogens with zero attached hydrogens (tertiary/aromatic N) is 4. The van der Waals surface area contributed by atoms with Crippen LogP contribution in [-0.4, -0.2) is 33.4 Å². The lowest BCUT2D eigenvalue weighted by molar-refractivity contribution is 0.0658. The molecular weight excluding hydrogens is 350 g/mol. The average molecular weight is 373 g/mol. The fraction of sp³-hybridized carbons (Fsp3) is 0.318. The largest absolute Gasteiger partial charge is 0.381 e. The molecule has 0 bridgehead atoms. The summed E-state index contributed by atoms with van der Waals surface area (Å²) in [6, 6.07) is 9.93. The van der Waals surface area contributed by atoms with Gasteiger partial charge >= 0.3 is 0 Å². The van der Waals surface area contributed by atoms with Crippen LogP contribution < -0.4 is 5.32 Å². The van der Waals surface area contributed by atoms with Crippen molar-refractivity contribution in [2.45, 2.75) is 32.2 Å². The summed E-state index contributed by atoms with van der Waals surface area (Å²) in [6.45, 7) is 9.86. The molecule has 1 saturated heterocycles. The molecule has 0 amide bonds. The first-order valence-electron chi connectivity index (χ1n) is 9.39. The van der Waals surface area contributed by atoms with Crippen molar-refractivity contribution >= 4 is 16.8 Å². The van der Waals surface area contributed by atoms with Gasteiger partial charge in [-0.3, -0.25) is 4.98 Å². The molecule has 1 aliphatic rings. The van der Waals surface area contributed by atoms with Crippen molar-refractivity contribution in [3.8, 4) is 17.5 Å². The number of anilines is 1. The van der Waals surface area contributed by atoms with E-state index in [4.69, 9.17) is 10.00 Å². The second-order valence-electron chi connectivity index (χ2n) is 7.60. The summed E-state index contributed by atoms with van der Waals surface area (Å²) in [5, 5.41) is 17.2. The molecular formula is C22H23N5O. The third-order valence-corrected chi connectivity index (χ3v) is 5.29. The standard InChI is InChI=1S/C22H23N5O/c1-15(2)18-14-24-20(11-19(18)26-22(3)6-8-28-9-7-22)21-5-4-17-10-16(12-23)13-25-27(17)21/h4-5,10-11,13-14H,1,6-9H2,2-3H3,(H,24,26). The number of hydrogen-bond acceptors (Lipinski definition) is 5. The second-order valence-corrected chi connectivity index (χ2v) is 7.60.